The summed E-state index contributed by atoms with van der Waals surface area (Å²) in [5, 5.41) is 9.13. The third-order valence-corrected chi connectivity index (χ3v) is 3.35. The molecule has 0 aliphatic heterocycles. The maximum Gasteiger partial charge on any atom is 0.133 e. The summed E-state index contributed by atoms with van der Waals surface area (Å²) in [4.78, 5) is 11.0. The predicted molar refractivity (Wildman–Crippen MR) is 64.0 cm³/mol. The number of Topliss-reactive ketones (excluding diaryl/α,β-unsaturated/α-hetero) is 1. The summed E-state index contributed by atoms with van der Waals surface area (Å²) in [6, 6.07) is 7.00. The van der Waals surface area contributed by atoms with Crippen molar-refractivity contribution in [3.05, 3.63) is 28.8 Å². The van der Waals surface area contributed by atoms with Gasteiger partial charge in [-0.2, -0.15) is 5.26 Å². The molecule has 88 valence electrons. The number of nitriles is 1. The lowest BCUT2D eigenvalue weighted by Gasteiger charge is -2.33. The maximum absolute atomic E-state index is 11.0. The molecule has 0 spiro atoms. The van der Waals surface area contributed by atoms with Crippen molar-refractivity contribution in [2.24, 2.45) is 5.92 Å². The molecule has 1 aromatic rings. The van der Waals surface area contributed by atoms with E-state index in [1.54, 1.807) is 25.1 Å². The number of ketones is 1. The summed E-state index contributed by atoms with van der Waals surface area (Å²) < 4.78 is 5.66. The number of halogens is 1. The minimum atomic E-state index is 0.0907. The van der Waals surface area contributed by atoms with Crippen LogP contribution in [0.4, 0.5) is 0 Å². The monoisotopic (exact) mass is 249 g/mol. The van der Waals surface area contributed by atoms with Crippen molar-refractivity contribution < 1.29 is 9.53 Å². The molecule has 0 radical (unpaired) electrons. The van der Waals surface area contributed by atoms with Crippen molar-refractivity contribution in [1.82, 2.24) is 0 Å². The molecule has 0 amide bonds. The molecule has 0 aromatic heterocycles. The quantitative estimate of drug-likeness (QED) is 0.828. The van der Waals surface area contributed by atoms with Gasteiger partial charge in [-0.25, -0.2) is 0 Å². The van der Waals surface area contributed by atoms with E-state index in [1.165, 1.54) is 0 Å². The van der Waals surface area contributed by atoms with E-state index < -0.39 is 0 Å². The standard InChI is InChI=1S/C13H12ClNO2/c1-8(16)10-4-12(5-10)17-11-3-2-9(7-15)13(14)6-11/h2-3,6,10,12H,4-5H2,1H3. The number of ether oxygens (including phenoxy) is 1. The highest BCUT2D eigenvalue weighted by molar-refractivity contribution is 6.31. The van der Waals surface area contributed by atoms with Crippen LogP contribution in [-0.4, -0.2) is 11.9 Å². The zero-order valence-electron chi connectivity index (χ0n) is 9.44. The third kappa shape index (κ3) is 2.59. The second-order valence-electron chi connectivity index (χ2n) is 4.27. The molecule has 2 rings (SSSR count). The predicted octanol–water partition coefficient (Wildman–Crippen LogP) is 2.96. The van der Waals surface area contributed by atoms with E-state index in [1.807, 2.05) is 6.07 Å². The molecule has 3 nitrogen and oxygen atoms in total. The van der Waals surface area contributed by atoms with Gasteiger partial charge >= 0.3 is 0 Å². The Bertz CT molecular complexity index is 487. The summed E-state index contributed by atoms with van der Waals surface area (Å²) in [5.74, 6) is 1.03. The highest BCUT2D eigenvalue weighted by Crippen LogP contribution is 2.33. The Morgan fingerprint density at radius 2 is 2.24 bits per heavy atom. The molecule has 1 aliphatic rings. The van der Waals surface area contributed by atoms with Crippen molar-refractivity contribution in [1.29, 1.82) is 5.26 Å². The fraction of sp³-hybridized carbons (Fsp3) is 0.385. The number of benzene rings is 1. The Balaban J connectivity index is 1.95. The summed E-state index contributed by atoms with van der Waals surface area (Å²) in [6.07, 6.45) is 1.63. The van der Waals surface area contributed by atoms with E-state index in [4.69, 9.17) is 21.6 Å². The zero-order valence-corrected chi connectivity index (χ0v) is 10.2. The fourth-order valence-corrected chi connectivity index (χ4v) is 2.06. The number of rotatable bonds is 3. The Labute approximate surface area is 105 Å². The largest absolute Gasteiger partial charge is 0.490 e. The van der Waals surface area contributed by atoms with Gasteiger partial charge in [0.1, 0.15) is 23.7 Å². The van der Waals surface area contributed by atoms with Crippen LogP contribution in [-0.2, 0) is 4.79 Å². The van der Waals surface area contributed by atoms with Gasteiger partial charge in [0.15, 0.2) is 0 Å². The van der Waals surface area contributed by atoms with Gasteiger partial charge < -0.3 is 4.74 Å². The first-order valence-electron chi connectivity index (χ1n) is 5.47. The number of carbonyl (C=O) groups excluding carboxylic acids is 1. The second-order valence-corrected chi connectivity index (χ2v) is 4.68. The van der Waals surface area contributed by atoms with Gasteiger partial charge in [0, 0.05) is 12.0 Å². The molecule has 0 unspecified atom stereocenters. The van der Waals surface area contributed by atoms with Gasteiger partial charge in [0.2, 0.25) is 0 Å². The molecule has 0 N–H and O–H groups in total. The lowest BCUT2D eigenvalue weighted by atomic mass is 9.80. The lowest BCUT2D eigenvalue weighted by Crippen LogP contribution is -2.37. The zero-order chi connectivity index (χ0) is 12.4. The SMILES string of the molecule is CC(=O)C1CC(Oc2ccc(C#N)c(Cl)c2)C1. The molecular formula is C13H12ClNO2. The van der Waals surface area contributed by atoms with E-state index >= 15 is 0 Å². The molecule has 4 heteroatoms. The average Bonchev–Trinajstić information content (AvgIpc) is 2.22. The Morgan fingerprint density at radius 3 is 2.76 bits per heavy atom. The number of carbonyl (C=O) groups is 1. The van der Waals surface area contributed by atoms with Crippen LogP contribution in [0.2, 0.25) is 5.02 Å². The third-order valence-electron chi connectivity index (χ3n) is 3.03. The van der Waals surface area contributed by atoms with Gasteiger partial charge in [-0.05, 0) is 31.9 Å². The van der Waals surface area contributed by atoms with Crippen LogP contribution >= 0.6 is 11.6 Å². The van der Waals surface area contributed by atoms with E-state index in [-0.39, 0.29) is 17.8 Å². The molecule has 0 atom stereocenters. The van der Waals surface area contributed by atoms with Crippen LogP contribution in [0, 0.1) is 17.2 Å². The minimum Gasteiger partial charge on any atom is -0.490 e. The Kier molecular flexibility index (Phi) is 3.35. The van der Waals surface area contributed by atoms with Crippen LogP contribution in [0.3, 0.4) is 0 Å². The first-order valence-corrected chi connectivity index (χ1v) is 5.84. The van der Waals surface area contributed by atoms with Crippen molar-refractivity contribution in [3.8, 4) is 11.8 Å². The maximum atomic E-state index is 11.0. The van der Waals surface area contributed by atoms with Crippen molar-refractivity contribution in [2.45, 2.75) is 25.9 Å². The van der Waals surface area contributed by atoms with Gasteiger partial charge in [-0.15, -0.1) is 0 Å². The Morgan fingerprint density at radius 1 is 1.53 bits per heavy atom. The molecule has 0 bridgehead atoms. The topological polar surface area (TPSA) is 50.1 Å². The summed E-state index contributed by atoms with van der Waals surface area (Å²) >= 11 is 5.90. The number of hydrogen-bond acceptors (Lipinski definition) is 3. The second kappa shape index (κ2) is 4.77. The van der Waals surface area contributed by atoms with Crippen LogP contribution in [0.5, 0.6) is 5.75 Å². The number of hydrogen-bond donors (Lipinski definition) is 0. The molecular weight excluding hydrogens is 238 g/mol. The molecule has 1 aliphatic carbocycles. The van der Waals surface area contributed by atoms with Crippen molar-refractivity contribution in [2.75, 3.05) is 0 Å². The average molecular weight is 250 g/mol. The molecule has 1 saturated carbocycles. The van der Waals surface area contributed by atoms with Gasteiger partial charge in [-0.3, -0.25) is 4.79 Å². The fourth-order valence-electron chi connectivity index (χ4n) is 1.85. The molecule has 0 saturated heterocycles. The minimum absolute atomic E-state index is 0.0907. The number of nitrogens with zero attached hydrogens (tertiary/aromatic N) is 1. The van der Waals surface area contributed by atoms with Crippen LogP contribution in [0.25, 0.3) is 0 Å². The summed E-state index contributed by atoms with van der Waals surface area (Å²) in [7, 11) is 0. The van der Waals surface area contributed by atoms with Crippen LogP contribution < -0.4 is 4.74 Å². The normalized spacial score (nSPS) is 22.4. The highest BCUT2D eigenvalue weighted by Gasteiger charge is 2.33. The van der Waals surface area contributed by atoms with Crippen molar-refractivity contribution >= 4 is 17.4 Å². The molecule has 0 heterocycles. The molecule has 17 heavy (non-hydrogen) atoms. The van der Waals surface area contributed by atoms with E-state index in [9.17, 15) is 4.79 Å². The van der Waals surface area contributed by atoms with E-state index in [0.717, 1.165) is 12.8 Å². The smallest absolute Gasteiger partial charge is 0.133 e. The molecule has 1 fully saturated rings. The van der Waals surface area contributed by atoms with Gasteiger partial charge in [0.25, 0.3) is 0 Å². The van der Waals surface area contributed by atoms with E-state index in [2.05, 4.69) is 0 Å². The Hall–Kier alpha value is -1.53. The highest BCUT2D eigenvalue weighted by atomic mass is 35.5. The summed E-state index contributed by atoms with van der Waals surface area (Å²) in [5.41, 5.74) is 0.439. The van der Waals surface area contributed by atoms with Crippen LogP contribution in [0.1, 0.15) is 25.3 Å². The first kappa shape index (κ1) is 11.9. The van der Waals surface area contributed by atoms with Gasteiger partial charge in [-0.1, -0.05) is 11.6 Å². The lowest BCUT2D eigenvalue weighted by molar-refractivity contribution is -0.126. The van der Waals surface area contributed by atoms with Crippen molar-refractivity contribution in [3.63, 3.8) is 0 Å². The van der Waals surface area contributed by atoms with E-state index in [0.29, 0.717) is 16.3 Å². The van der Waals surface area contributed by atoms with Crippen LogP contribution in [0.15, 0.2) is 18.2 Å². The molecule has 1 aromatic carbocycles. The summed E-state index contributed by atoms with van der Waals surface area (Å²) in [6.45, 7) is 1.61. The first-order chi connectivity index (χ1) is 8.10. The van der Waals surface area contributed by atoms with Gasteiger partial charge in [0.05, 0.1) is 10.6 Å².